The van der Waals surface area contributed by atoms with Crippen LogP contribution in [0.5, 0.6) is 0 Å². The predicted molar refractivity (Wildman–Crippen MR) is 160 cm³/mol. The van der Waals surface area contributed by atoms with Crippen LogP contribution in [0.4, 0.5) is 0 Å². The summed E-state index contributed by atoms with van der Waals surface area (Å²) in [6.07, 6.45) is 0. The second kappa shape index (κ2) is 24.8. The van der Waals surface area contributed by atoms with Crippen LogP contribution in [0.15, 0.2) is 24.3 Å². The molecule has 0 heterocycles. The quantitative estimate of drug-likeness (QED) is 0.181. The number of hydrogen-bond donors (Lipinski definition) is 0. The topological polar surface area (TPSA) is 0 Å². The van der Waals surface area contributed by atoms with Crippen molar-refractivity contribution in [2.75, 3.05) is 0 Å². The van der Waals surface area contributed by atoms with Crippen LogP contribution < -0.4 is 0 Å². The Labute approximate surface area is 222 Å². The summed E-state index contributed by atoms with van der Waals surface area (Å²) in [5, 5.41) is 0. The third kappa shape index (κ3) is 45.7. The first-order chi connectivity index (χ1) is 8.67. The number of hydrogen-bond acceptors (Lipinski definition) is 0. The molecule has 1 aromatic rings. The van der Waals surface area contributed by atoms with Gasteiger partial charge in [-0.15, -0.1) is 0 Å². The van der Waals surface area contributed by atoms with E-state index >= 15 is 0 Å². The maximum absolute atomic E-state index is 2.46. The number of rotatable bonds is 0. The summed E-state index contributed by atoms with van der Waals surface area (Å²) in [4.78, 5) is 0. The van der Waals surface area contributed by atoms with E-state index in [1.165, 1.54) is 11.1 Å². The van der Waals surface area contributed by atoms with E-state index in [0.29, 0.717) is 11.7 Å². The van der Waals surface area contributed by atoms with Crippen LogP contribution in [0.1, 0.15) is 11.1 Å². The van der Waals surface area contributed by atoms with Gasteiger partial charge in [0.25, 0.3) is 0 Å². The van der Waals surface area contributed by atoms with Crippen LogP contribution in [-0.4, -0.2) is 8.60 Å². The van der Waals surface area contributed by atoms with Gasteiger partial charge in [0.2, 0.25) is 0 Å². The molecule has 108 valence electrons. The van der Waals surface area contributed by atoms with Crippen molar-refractivity contribution < 1.29 is 11.7 Å². The molecule has 11 heteroatoms. The second-order valence-corrected chi connectivity index (χ2v) is 82.2. The Morgan fingerprint density at radius 2 is 0.789 bits per heavy atom. The van der Waals surface area contributed by atoms with Crippen LogP contribution in [-0.2, 0) is 11.7 Å². The van der Waals surface area contributed by atoms with Crippen molar-refractivity contribution in [2.45, 2.75) is 13.8 Å². The summed E-state index contributed by atoms with van der Waals surface area (Å²) < 4.78 is -0.458. The zero-order chi connectivity index (χ0) is 15.8. The molecule has 0 bridgehead atoms. The van der Waals surface area contributed by atoms with Gasteiger partial charge in [0.1, 0.15) is 0 Å². The van der Waals surface area contributed by atoms with Crippen LogP contribution >= 0.6 is 160 Å². The van der Waals surface area contributed by atoms with Gasteiger partial charge >= 0.3 is 58.6 Å². The molecule has 0 aliphatic rings. The zero-order valence-electron chi connectivity index (χ0n) is 9.99. The third-order valence-electron chi connectivity index (χ3n) is 1.22. The molecule has 0 fully saturated rings. The Kier molecular flexibility index (Phi) is 40.0. The normalized spacial score (nSPS) is 7.47. The van der Waals surface area contributed by atoms with Gasteiger partial charge in [-0.1, -0.05) is 35.4 Å². The monoisotopic (exact) mass is 1220 g/mol. The first-order valence-corrected chi connectivity index (χ1v) is 39.6. The van der Waals surface area contributed by atoms with Crippen molar-refractivity contribution >= 4 is 169 Å². The fraction of sp³-hybridized carbons (Fsp3) is 0.250. The van der Waals surface area contributed by atoms with Crippen LogP contribution in [0.25, 0.3) is 0 Å². The van der Waals surface area contributed by atoms with Gasteiger partial charge in [-0.05, 0) is 13.8 Å². The van der Waals surface area contributed by atoms with E-state index in [2.05, 4.69) is 198 Å². The molecule has 0 nitrogen and oxygen atoms in total. The average Bonchev–Trinajstić information content (AvgIpc) is 2.22. The molecule has 0 saturated carbocycles. The van der Waals surface area contributed by atoms with Gasteiger partial charge in [-0.3, -0.25) is 0 Å². The van der Waals surface area contributed by atoms with E-state index < -0.39 is 0 Å². The van der Waals surface area contributed by atoms with Crippen molar-refractivity contribution in [1.29, 1.82) is 0 Å². The molecule has 0 atom stereocenters. The summed E-state index contributed by atoms with van der Waals surface area (Å²) >= 11 is 20.0. The van der Waals surface area contributed by atoms with Gasteiger partial charge in [-0.2, -0.15) is 122 Å². The zero-order valence-corrected chi connectivity index (χ0v) is 31.1. The number of aryl methyl sites for hydroxylation is 2. The fourth-order valence-electron chi connectivity index (χ4n) is 0.637. The third-order valence-corrected chi connectivity index (χ3v) is 1.22. The summed E-state index contributed by atoms with van der Waals surface area (Å²) in [7, 11) is 0. The van der Waals surface area contributed by atoms with E-state index in [4.69, 9.17) is 0 Å². The van der Waals surface area contributed by atoms with Crippen molar-refractivity contribution in [3.05, 3.63) is 35.4 Å². The molecule has 0 radical (unpaired) electrons. The Morgan fingerprint density at radius 3 is 0.895 bits per heavy atom. The first kappa shape index (κ1) is 30.6. The Morgan fingerprint density at radius 1 is 0.684 bits per heavy atom. The molecule has 0 aromatic heterocycles. The molecular weight excluding hydrogens is 1210 g/mol. The molecular formula is C8H10Al2I8Ti. The molecule has 0 aliphatic heterocycles. The summed E-state index contributed by atoms with van der Waals surface area (Å²) in [5.41, 5.74) is 2.66. The Hall–Kier alpha value is 6.84. The van der Waals surface area contributed by atoms with Gasteiger partial charge in [0, 0.05) is 0 Å². The standard InChI is InChI=1S/C8H10.2Al.8HI.Ti/c1-7-3-5-8(2)6-4-7;;;;;;;;;;;/h3-6H,1-2H3;;;8*1H;/q;2*+3;;;;;;;;;+2/p-8. The summed E-state index contributed by atoms with van der Waals surface area (Å²) in [6.45, 7) is 4.19. The molecule has 0 aliphatic carbocycles. The second-order valence-electron chi connectivity index (χ2n) is 2.72. The van der Waals surface area contributed by atoms with Crippen molar-refractivity contribution in [3.63, 3.8) is 0 Å². The molecule has 0 unspecified atom stereocenters. The summed E-state index contributed by atoms with van der Waals surface area (Å²) in [5.74, 6) is 0. The fourth-order valence-corrected chi connectivity index (χ4v) is 0.637. The van der Waals surface area contributed by atoms with Gasteiger partial charge in [-0.25, -0.2) is 0 Å². The molecule has 0 amide bonds. The first-order valence-electron chi connectivity index (χ1n) is 4.51. The van der Waals surface area contributed by atoms with E-state index in [0.717, 1.165) is 0 Å². The Bertz CT molecular complexity index is 239. The SMILES string of the molecule is Cc1ccc(C)cc1.[I][Al]([I])[I].[I][Al]([I])[I].[I][Ti][I]. The van der Waals surface area contributed by atoms with E-state index in [1.807, 2.05) is 0 Å². The van der Waals surface area contributed by atoms with Gasteiger partial charge < -0.3 is 0 Å². The van der Waals surface area contributed by atoms with Crippen molar-refractivity contribution in [2.24, 2.45) is 0 Å². The number of halogens is 8. The molecule has 0 N–H and O–H groups in total. The molecule has 0 saturated heterocycles. The van der Waals surface area contributed by atoms with Crippen LogP contribution in [0, 0.1) is 13.8 Å². The van der Waals surface area contributed by atoms with Crippen molar-refractivity contribution in [3.8, 4) is 0 Å². The Balaban J connectivity index is -0.000000200. The van der Waals surface area contributed by atoms with Crippen molar-refractivity contribution in [1.82, 2.24) is 0 Å². The van der Waals surface area contributed by atoms with Crippen LogP contribution in [0.3, 0.4) is 0 Å². The van der Waals surface area contributed by atoms with Crippen LogP contribution in [0.2, 0.25) is 0 Å². The minimum atomic E-state index is -0.229. The molecule has 0 spiro atoms. The average molecular weight is 1220 g/mol. The maximum atomic E-state index is 2.46. The van der Waals surface area contributed by atoms with Gasteiger partial charge in [0.15, 0.2) is 0 Å². The summed E-state index contributed by atoms with van der Waals surface area (Å²) in [6, 6.07) is 8.48. The molecule has 1 aromatic carbocycles. The van der Waals surface area contributed by atoms with Gasteiger partial charge in [0.05, 0.1) is 0 Å². The molecule has 19 heavy (non-hydrogen) atoms. The van der Waals surface area contributed by atoms with E-state index in [9.17, 15) is 0 Å². The molecule has 1 rings (SSSR count). The number of benzene rings is 1. The van der Waals surface area contributed by atoms with E-state index in [-0.39, 0.29) is 8.60 Å². The minimum absolute atomic E-state index is 0.229. The van der Waals surface area contributed by atoms with E-state index in [1.54, 1.807) is 0 Å². The predicted octanol–water partition coefficient (Wildman–Crippen LogP) is 8.62.